The maximum absolute atomic E-state index is 13.3. The maximum Gasteiger partial charge on any atom is 0.573 e. The lowest BCUT2D eigenvalue weighted by Crippen LogP contribution is -2.31. The van der Waals surface area contributed by atoms with E-state index in [2.05, 4.69) is 25.1 Å². The molecule has 1 N–H and O–H groups in total. The SMILES string of the molecule is CCn1s/c(=N/C(=O)NCCc2ccc(-c3ncn(-c4ccc(OC(F)(F)F)cc4)n3)cc2)n(-c2ccc(OC)cc2C(C)C)c1=O. The predicted octanol–water partition coefficient (Wildman–Crippen LogP) is 5.85. The van der Waals surface area contributed by atoms with E-state index < -0.39 is 12.4 Å². The van der Waals surface area contributed by atoms with Crippen LogP contribution in [-0.2, 0) is 13.0 Å². The Morgan fingerprint density at radius 2 is 1.74 bits per heavy atom. The largest absolute Gasteiger partial charge is 0.573 e. The second-order valence-corrected chi connectivity index (χ2v) is 11.6. The van der Waals surface area contributed by atoms with Gasteiger partial charge in [-0.2, -0.15) is 4.99 Å². The summed E-state index contributed by atoms with van der Waals surface area (Å²) < 4.78 is 51.0. The Bertz CT molecular complexity index is 1980. The van der Waals surface area contributed by atoms with Crippen LogP contribution in [0.1, 0.15) is 37.8 Å². The van der Waals surface area contributed by atoms with Gasteiger partial charge in [0.25, 0.3) is 0 Å². The van der Waals surface area contributed by atoms with Crippen LogP contribution in [0.4, 0.5) is 18.0 Å². The topological polar surface area (TPSA) is 118 Å². The van der Waals surface area contributed by atoms with E-state index in [-0.39, 0.29) is 22.2 Å². The normalized spacial score (nSPS) is 12.0. The van der Waals surface area contributed by atoms with E-state index in [0.29, 0.717) is 42.5 Å². The third kappa shape index (κ3) is 7.98. The summed E-state index contributed by atoms with van der Waals surface area (Å²) in [7, 11) is 1.58. The minimum absolute atomic E-state index is 0.0871. The molecule has 5 rings (SSSR count). The summed E-state index contributed by atoms with van der Waals surface area (Å²) in [5.74, 6) is 0.866. The van der Waals surface area contributed by atoms with Crippen molar-refractivity contribution in [3.05, 3.63) is 99.5 Å². The molecule has 0 aliphatic carbocycles. The Kier molecular flexibility index (Phi) is 9.94. The molecule has 0 saturated carbocycles. The molecule has 0 radical (unpaired) electrons. The van der Waals surface area contributed by atoms with E-state index in [9.17, 15) is 22.8 Å². The van der Waals surface area contributed by atoms with Crippen LogP contribution >= 0.6 is 11.5 Å². The van der Waals surface area contributed by atoms with Crippen molar-refractivity contribution in [3.63, 3.8) is 0 Å². The number of aryl methyl sites for hydroxylation is 1. The quantitative estimate of drug-likeness (QED) is 0.200. The summed E-state index contributed by atoms with van der Waals surface area (Å²) >= 11 is 1.12. The Hall–Kier alpha value is -5.18. The molecule has 0 aliphatic heterocycles. The molecular weight excluding hydrogens is 635 g/mol. The van der Waals surface area contributed by atoms with E-state index in [1.807, 2.05) is 51.1 Å². The summed E-state index contributed by atoms with van der Waals surface area (Å²) in [4.78, 5) is 34.9. The number of nitrogens with one attached hydrogen (secondary N) is 1. The lowest BCUT2D eigenvalue weighted by Gasteiger charge is -2.14. The molecule has 2 aromatic heterocycles. The van der Waals surface area contributed by atoms with Gasteiger partial charge in [-0.25, -0.2) is 27.8 Å². The lowest BCUT2D eigenvalue weighted by molar-refractivity contribution is -0.274. The first-order chi connectivity index (χ1) is 22.5. The molecule has 5 aromatic rings. The van der Waals surface area contributed by atoms with E-state index >= 15 is 0 Å². The summed E-state index contributed by atoms with van der Waals surface area (Å²) in [5, 5.41) is 7.22. The van der Waals surface area contributed by atoms with Gasteiger partial charge in [0.2, 0.25) is 4.80 Å². The van der Waals surface area contributed by atoms with Gasteiger partial charge in [0.05, 0.1) is 18.5 Å². The van der Waals surface area contributed by atoms with Gasteiger partial charge in [0, 0.05) is 18.7 Å². The molecule has 0 fully saturated rings. The van der Waals surface area contributed by atoms with Crippen LogP contribution in [-0.4, -0.2) is 49.3 Å². The molecule has 11 nitrogen and oxygen atoms in total. The number of ether oxygens (including phenoxy) is 2. The Morgan fingerprint density at radius 3 is 2.38 bits per heavy atom. The summed E-state index contributed by atoms with van der Waals surface area (Å²) in [5.41, 5.74) is 3.47. The number of alkyl halides is 3. The molecule has 0 spiro atoms. The number of urea groups is 1. The first-order valence-electron chi connectivity index (χ1n) is 14.7. The van der Waals surface area contributed by atoms with Gasteiger partial charge < -0.3 is 14.8 Å². The van der Waals surface area contributed by atoms with Crippen LogP contribution < -0.4 is 25.3 Å². The number of aromatic nitrogens is 5. The molecule has 0 saturated heterocycles. The first-order valence-corrected chi connectivity index (χ1v) is 15.4. The van der Waals surface area contributed by atoms with Crippen LogP contribution in [0.25, 0.3) is 22.8 Å². The number of methoxy groups -OCH3 is 1. The highest BCUT2D eigenvalue weighted by Crippen LogP contribution is 2.27. The van der Waals surface area contributed by atoms with Crippen molar-refractivity contribution in [2.75, 3.05) is 13.7 Å². The molecule has 0 aliphatic rings. The van der Waals surface area contributed by atoms with E-state index in [1.54, 1.807) is 23.2 Å². The van der Waals surface area contributed by atoms with E-state index in [1.165, 1.54) is 39.8 Å². The molecule has 246 valence electrons. The number of halogens is 3. The number of hydrogen-bond acceptors (Lipinski definition) is 7. The lowest BCUT2D eigenvalue weighted by atomic mass is 10.0. The summed E-state index contributed by atoms with van der Waals surface area (Å²) in [6.07, 6.45) is -2.77. The van der Waals surface area contributed by atoms with Crippen molar-refractivity contribution in [2.24, 2.45) is 4.99 Å². The van der Waals surface area contributed by atoms with Crippen molar-refractivity contribution in [1.29, 1.82) is 0 Å². The van der Waals surface area contributed by atoms with Crippen molar-refractivity contribution >= 4 is 17.6 Å². The van der Waals surface area contributed by atoms with Crippen LogP contribution in [0.2, 0.25) is 0 Å². The van der Waals surface area contributed by atoms with Crippen molar-refractivity contribution in [2.45, 2.75) is 46.0 Å². The fourth-order valence-electron chi connectivity index (χ4n) is 4.75. The van der Waals surface area contributed by atoms with Gasteiger partial charge in [-0.15, -0.1) is 18.3 Å². The molecule has 47 heavy (non-hydrogen) atoms. The van der Waals surface area contributed by atoms with Gasteiger partial charge in [-0.1, -0.05) is 38.1 Å². The van der Waals surface area contributed by atoms with Crippen LogP contribution in [0.3, 0.4) is 0 Å². The molecule has 2 amide bonds. The number of carbonyl (C=O) groups is 1. The average Bonchev–Trinajstić information content (AvgIpc) is 3.65. The van der Waals surface area contributed by atoms with Gasteiger partial charge in [-0.3, -0.25) is 0 Å². The average molecular weight is 668 g/mol. The molecule has 15 heteroatoms. The van der Waals surface area contributed by atoms with Gasteiger partial charge in [0.15, 0.2) is 5.82 Å². The number of hydrogen-bond donors (Lipinski definition) is 1. The fraction of sp³-hybridized carbons (Fsp3) is 0.281. The zero-order chi connectivity index (χ0) is 33.7. The number of rotatable bonds is 10. The number of carbonyl (C=O) groups excluding carboxylic acids is 1. The fourth-order valence-corrected chi connectivity index (χ4v) is 5.62. The van der Waals surface area contributed by atoms with Crippen molar-refractivity contribution < 1.29 is 27.4 Å². The third-order valence-electron chi connectivity index (χ3n) is 7.10. The molecule has 0 atom stereocenters. The second-order valence-electron chi connectivity index (χ2n) is 10.6. The maximum atomic E-state index is 13.3. The highest BCUT2D eigenvalue weighted by molar-refractivity contribution is 7.03. The molecule has 2 heterocycles. The van der Waals surface area contributed by atoms with Crippen molar-refractivity contribution in [3.8, 4) is 34.3 Å². The minimum Gasteiger partial charge on any atom is -0.497 e. The second kappa shape index (κ2) is 14.1. The summed E-state index contributed by atoms with van der Waals surface area (Å²) in [6, 6.07) is 17.7. The Morgan fingerprint density at radius 1 is 1.04 bits per heavy atom. The van der Waals surface area contributed by atoms with Crippen molar-refractivity contribution in [1.82, 2.24) is 28.6 Å². The van der Waals surface area contributed by atoms with Gasteiger partial charge in [-0.05, 0) is 84.4 Å². The Labute approximate surface area is 271 Å². The monoisotopic (exact) mass is 667 g/mol. The summed E-state index contributed by atoms with van der Waals surface area (Å²) in [6.45, 7) is 6.64. The molecule has 0 unspecified atom stereocenters. The zero-order valence-electron chi connectivity index (χ0n) is 26.0. The third-order valence-corrected chi connectivity index (χ3v) is 8.17. The van der Waals surface area contributed by atoms with Gasteiger partial charge in [0.1, 0.15) is 17.8 Å². The smallest absolute Gasteiger partial charge is 0.497 e. The molecular formula is C32H32F3N7O4S. The first kappa shape index (κ1) is 33.2. The molecule has 3 aromatic carbocycles. The minimum atomic E-state index is -4.76. The van der Waals surface area contributed by atoms with E-state index in [4.69, 9.17) is 4.74 Å². The number of amides is 2. The number of benzene rings is 3. The van der Waals surface area contributed by atoms with Crippen LogP contribution in [0.5, 0.6) is 11.5 Å². The number of nitrogens with zero attached hydrogens (tertiary/aromatic N) is 6. The predicted molar refractivity (Wildman–Crippen MR) is 170 cm³/mol. The van der Waals surface area contributed by atoms with E-state index in [0.717, 1.165) is 28.2 Å². The highest BCUT2D eigenvalue weighted by Gasteiger charge is 2.31. The van der Waals surface area contributed by atoms with Crippen LogP contribution in [0, 0.1) is 0 Å². The van der Waals surface area contributed by atoms with Gasteiger partial charge >= 0.3 is 18.1 Å². The highest BCUT2D eigenvalue weighted by atomic mass is 32.1. The van der Waals surface area contributed by atoms with Crippen LogP contribution in [0.15, 0.2) is 82.8 Å². The molecule has 0 bridgehead atoms. The standard InChI is InChI=1S/C32H32F3N7O4S/c1-5-41-31(44)42(27-15-14-25(45-4)18-26(27)20(2)3)30(47-41)38-29(43)36-17-16-21-6-8-22(9-7-21)28-37-19-40(39-28)23-10-12-24(13-11-23)46-32(33,34)35/h6-15,18-20H,5,16-17H2,1-4H3,(H,36,43)/b38-30+. The zero-order valence-corrected chi connectivity index (χ0v) is 26.8. The Balaban J connectivity index is 1.24.